The molecule has 9 heteroatoms. The predicted octanol–water partition coefficient (Wildman–Crippen LogP) is 3.49. The molecule has 0 saturated carbocycles. The van der Waals surface area contributed by atoms with E-state index in [9.17, 15) is 13.6 Å². The van der Waals surface area contributed by atoms with Crippen LogP contribution in [0.5, 0.6) is 0 Å². The molecule has 3 aliphatic rings. The smallest absolute Gasteiger partial charge is 0.255 e. The van der Waals surface area contributed by atoms with Crippen molar-refractivity contribution in [3.05, 3.63) is 65.5 Å². The van der Waals surface area contributed by atoms with Crippen LogP contribution in [0.1, 0.15) is 16.1 Å². The quantitative estimate of drug-likeness (QED) is 0.635. The van der Waals surface area contributed by atoms with Gasteiger partial charge in [-0.3, -0.25) is 4.79 Å². The van der Waals surface area contributed by atoms with Gasteiger partial charge in [0.05, 0.1) is 59.8 Å². The minimum absolute atomic E-state index is 0.116. The van der Waals surface area contributed by atoms with Crippen molar-refractivity contribution < 1.29 is 18.3 Å². The minimum atomic E-state index is -0.714. The number of carbonyl (C=O) groups is 1. The largest absolute Gasteiger partial charge is 0.381 e. The van der Waals surface area contributed by atoms with Crippen molar-refractivity contribution in [2.75, 3.05) is 36.5 Å². The number of amides is 1. The maximum absolute atomic E-state index is 14.4. The number of nitrogens with zero attached hydrogens (tertiary/aromatic N) is 3. The molecule has 3 aliphatic heterocycles. The number of halogens is 2. The van der Waals surface area contributed by atoms with Crippen LogP contribution in [-0.2, 0) is 11.3 Å². The molecule has 2 saturated heterocycles. The van der Waals surface area contributed by atoms with Gasteiger partial charge < -0.3 is 20.3 Å². The number of carbonyl (C=O) groups excluding carboxylic acids is 1. The van der Waals surface area contributed by atoms with Crippen LogP contribution < -0.4 is 15.5 Å². The molecule has 0 aliphatic carbocycles. The van der Waals surface area contributed by atoms with Gasteiger partial charge in [0.1, 0.15) is 17.5 Å². The number of nitrogens with one attached hydrogen (secondary N) is 2. The van der Waals surface area contributed by atoms with E-state index in [1.165, 1.54) is 24.3 Å². The van der Waals surface area contributed by atoms with Gasteiger partial charge >= 0.3 is 0 Å². The zero-order valence-electron chi connectivity index (χ0n) is 17.6. The summed E-state index contributed by atoms with van der Waals surface area (Å²) in [5, 5.41) is 5.86. The summed E-state index contributed by atoms with van der Waals surface area (Å²) >= 11 is 0. The Hall–Kier alpha value is -3.59. The Morgan fingerprint density at radius 3 is 2.52 bits per heavy atom. The third-order valence-electron chi connectivity index (χ3n) is 6.57. The number of hydrogen-bond donors (Lipinski definition) is 2. The van der Waals surface area contributed by atoms with Gasteiger partial charge in [0, 0.05) is 24.9 Å². The molecule has 3 aromatic rings. The van der Waals surface area contributed by atoms with Crippen molar-refractivity contribution in [2.45, 2.75) is 6.54 Å². The second-order valence-corrected chi connectivity index (χ2v) is 8.65. The summed E-state index contributed by atoms with van der Waals surface area (Å²) < 4.78 is 34.3. The molecule has 33 heavy (non-hydrogen) atoms. The zero-order chi connectivity index (χ0) is 22.5. The first-order chi connectivity index (χ1) is 16.1. The van der Waals surface area contributed by atoms with Crippen LogP contribution in [0.2, 0.25) is 0 Å². The molecular formula is C24H21F2N5O2. The molecule has 1 aromatic carbocycles. The second-order valence-electron chi connectivity index (χ2n) is 8.65. The summed E-state index contributed by atoms with van der Waals surface area (Å²) in [7, 11) is 0. The molecule has 1 unspecified atom stereocenters. The van der Waals surface area contributed by atoms with Crippen LogP contribution >= 0.6 is 0 Å². The maximum Gasteiger partial charge on any atom is 0.255 e. The Morgan fingerprint density at radius 1 is 1.06 bits per heavy atom. The Labute approximate surface area is 188 Å². The molecule has 2 atom stereocenters. The van der Waals surface area contributed by atoms with Gasteiger partial charge in [-0.05, 0) is 30.3 Å². The lowest BCUT2D eigenvalue weighted by Crippen LogP contribution is -2.22. The fraction of sp³-hybridized carbons (Fsp3) is 0.292. The van der Waals surface area contributed by atoms with Crippen molar-refractivity contribution >= 4 is 23.1 Å². The lowest BCUT2D eigenvalue weighted by atomic mass is 10.0. The Kier molecular flexibility index (Phi) is 4.72. The van der Waals surface area contributed by atoms with Crippen molar-refractivity contribution in [2.24, 2.45) is 11.8 Å². The van der Waals surface area contributed by atoms with E-state index in [-0.39, 0.29) is 23.7 Å². The van der Waals surface area contributed by atoms with Crippen LogP contribution in [0.25, 0.3) is 11.3 Å². The van der Waals surface area contributed by atoms with Crippen molar-refractivity contribution in [3.8, 4) is 11.3 Å². The topological polar surface area (TPSA) is 79.4 Å². The van der Waals surface area contributed by atoms with Crippen molar-refractivity contribution in [3.63, 3.8) is 0 Å². The summed E-state index contributed by atoms with van der Waals surface area (Å²) in [4.78, 5) is 23.6. The van der Waals surface area contributed by atoms with Crippen molar-refractivity contribution in [1.29, 1.82) is 0 Å². The number of ether oxygens (including phenoxy) is 1. The Bertz CT molecular complexity index is 1220. The Balaban J connectivity index is 1.31. The monoisotopic (exact) mass is 449 g/mol. The first-order valence-corrected chi connectivity index (χ1v) is 10.9. The lowest BCUT2D eigenvalue weighted by Gasteiger charge is -2.19. The van der Waals surface area contributed by atoms with Gasteiger partial charge in [-0.25, -0.2) is 18.7 Å². The lowest BCUT2D eigenvalue weighted by molar-refractivity contribution is 0.0966. The van der Waals surface area contributed by atoms with E-state index in [0.717, 1.165) is 32.0 Å². The van der Waals surface area contributed by atoms with Gasteiger partial charge in [-0.1, -0.05) is 6.07 Å². The second kappa shape index (κ2) is 7.77. The van der Waals surface area contributed by atoms with Crippen LogP contribution in [0, 0.1) is 23.5 Å². The van der Waals surface area contributed by atoms with E-state index in [1.807, 2.05) is 12.1 Å². The number of rotatable bonds is 4. The van der Waals surface area contributed by atoms with E-state index in [2.05, 4.69) is 25.5 Å². The first kappa shape index (κ1) is 20.0. The van der Waals surface area contributed by atoms with E-state index in [0.29, 0.717) is 34.6 Å². The maximum atomic E-state index is 14.4. The predicted molar refractivity (Wildman–Crippen MR) is 118 cm³/mol. The summed E-state index contributed by atoms with van der Waals surface area (Å²) in [6.45, 7) is 3.73. The number of pyridine rings is 2. The fourth-order valence-electron chi connectivity index (χ4n) is 4.88. The molecule has 1 amide bonds. The number of fused-ring (bicyclic) bond motifs is 2. The van der Waals surface area contributed by atoms with Gasteiger partial charge in [0.25, 0.3) is 5.91 Å². The van der Waals surface area contributed by atoms with Crippen LogP contribution in [-0.4, -0.2) is 42.2 Å². The molecule has 0 bridgehead atoms. The highest BCUT2D eigenvalue weighted by atomic mass is 19.1. The van der Waals surface area contributed by atoms with Gasteiger partial charge in [0.2, 0.25) is 0 Å². The highest BCUT2D eigenvalue weighted by Gasteiger charge is 2.37. The molecule has 2 fully saturated rings. The number of anilines is 3. The Morgan fingerprint density at radius 2 is 1.82 bits per heavy atom. The third-order valence-corrected chi connectivity index (χ3v) is 6.57. The van der Waals surface area contributed by atoms with Gasteiger partial charge in [-0.15, -0.1) is 0 Å². The first-order valence-electron chi connectivity index (χ1n) is 10.9. The van der Waals surface area contributed by atoms with E-state index in [4.69, 9.17) is 4.74 Å². The molecule has 2 N–H and O–H groups in total. The average molecular weight is 449 g/mol. The molecule has 6 rings (SSSR count). The number of hydrogen-bond acceptors (Lipinski definition) is 6. The SMILES string of the molecule is O=C1NCc2nc(-c3c(F)cccc3F)cc(Nc3ccc(N4CC5COC[C@@H]5C4)cn3)c21. The molecule has 2 aromatic heterocycles. The molecule has 5 heterocycles. The van der Waals surface area contributed by atoms with Crippen LogP contribution in [0.4, 0.5) is 26.0 Å². The normalized spacial score (nSPS) is 21.2. The highest BCUT2D eigenvalue weighted by molar-refractivity contribution is 6.04. The molecular weight excluding hydrogens is 428 g/mol. The van der Waals surface area contributed by atoms with E-state index >= 15 is 0 Å². The highest BCUT2D eigenvalue weighted by Crippen LogP contribution is 2.35. The standard InChI is InChI=1S/C24H21F2N5O2/c25-16-2-1-3-17(26)22(16)18-6-19(23-20(29-18)8-28-24(23)32)30-21-5-4-15(7-27-21)31-9-13-11-33-12-14(13)10-31/h1-7,13-14H,8-12H2,(H,28,32)(H,27,29,30)/t13-,14?/m0/s1. The molecule has 7 nitrogen and oxygen atoms in total. The van der Waals surface area contributed by atoms with Gasteiger partial charge in [-0.2, -0.15) is 0 Å². The van der Waals surface area contributed by atoms with Gasteiger partial charge in [0.15, 0.2) is 0 Å². The van der Waals surface area contributed by atoms with Crippen LogP contribution in [0.15, 0.2) is 42.6 Å². The number of benzene rings is 1. The zero-order valence-corrected chi connectivity index (χ0v) is 17.6. The molecule has 0 radical (unpaired) electrons. The minimum Gasteiger partial charge on any atom is -0.381 e. The average Bonchev–Trinajstić information content (AvgIpc) is 3.50. The fourth-order valence-corrected chi connectivity index (χ4v) is 4.88. The summed E-state index contributed by atoms with van der Waals surface area (Å²) in [6.07, 6.45) is 1.79. The molecule has 168 valence electrons. The third kappa shape index (κ3) is 3.48. The van der Waals surface area contributed by atoms with E-state index in [1.54, 1.807) is 6.20 Å². The summed E-state index contributed by atoms with van der Waals surface area (Å²) in [5.41, 5.74) is 2.11. The summed E-state index contributed by atoms with van der Waals surface area (Å²) in [6, 6.07) is 8.98. The summed E-state index contributed by atoms with van der Waals surface area (Å²) in [5.74, 6) is -0.0590. The van der Waals surface area contributed by atoms with Crippen molar-refractivity contribution in [1.82, 2.24) is 15.3 Å². The molecule has 0 spiro atoms. The van der Waals surface area contributed by atoms with Crippen LogP contribution in [0.3, 0.4) is 0 Å². The number of aromatic nitrogens is 2. The van der Waals surface area contributed by atoms with E-state index < -0.39 is 11.6 Å².